The molecule has 3 aliphatic heterocycles. The Balaban J connectivity index is 1.47. The van der Waals surface area contributed by atoms with Crippen LogP contribution in [0.15, 0.2) is 34.1 Å². The number of piperidine rings is 1. The van der Waals surface area contributed by atoms with Crippen LogP contribution in [0.3, 0.4) is 0 Å². The van der Waals surface area contributed by atoms with Crippen molar-refractivity contribution in [2.45, 2.75) is 22.6 Å². The number of benzene rings is 1. The van der Waals surface area contributed by atoms with E-state index < -0.39 is 20.0 Å². The zero-order valence-electron chi connectivity index (χ0n) is 17.9. The average Bonchev–Trinajstić information content (AvgIpc) is 2.85. The van der Waals surface area contributed by atoms with Gasteiger partial charge in [0, 0.05) is 39.3 Å². The van der Waals surface area contributed by atoms with Crippen molar-refractivity contribution in [3.63, 3.8) is 0 Å². The molecule has 0 aliphatic carbocycles. The molecule has 3 heterocycles. The lowest BCUT2D eigenvalue weighted by molar-refractivity contribution is -0.140. The van der Waals surface area contributed by atoms with Gasteiger partial charge in [-0.05, 0) is 37.1 Å². The summed E-state index contributed by atoms with van der Waals surface area (Å²) in [6.45, 7) is 3.75. The van der Waals surface area contributed by atoms with E-state index in [0.29, 0.717) is 58.9 Å². The molecule has 1 unspecified atom stereocenters. The average molecular weight is 488 g/mol. The van der Waals surface area contributed by atoms with Gasteiger partial charge in [-0.15, -0.1) is 0 Å². The third-order valence-electron chi connectivity index (χ3n) is 6.13. The maximum atomic E-state index is 13.2. The van der Waals surface area contributed by atoms with Crippen LogP contribution in [0.2, 0.25) is 0 Å². The molecular weight excluding hydrogens is 458 g/mol. The van der Waals surface area contributed by atoms with Crippen LogP contribution in [-0.4, -0.2) is 102 Å². The molecule has 0 radical (unpaired) electrons. The summed E-state index contributed by atoms with van der Waals surface area (Å²) in [5.74, 6) is -0.405. The van der Waals surface area contributed by atoms with Crippen LogP contribution in [0.4, 0.5) is 0 Å². The lowest BCUT2D eigenvalue weighted by Crippen LogP contribution is -2.49. The minimum atomic E-state index is -3.84. The van der Waals surface area contributed by atoms with Crippen molar-refractivity contribution in [1.29, 1.82) is 0 Å². The highest BCUT2D eigenvalue weighted by molar-refractivity contribution is 7.89. The van der Waals surface area contributed by atoms with Crippen LogP contribution >= 0.6 is 0 Å². The monoisotopic (exact) mass is 487 g/mol. The van der Waals surface area contributed by atoms with Crippen molar-refractivity contribution in [2.24, 2.45) is 5.92 Å². The number of rotatable bonds is 5. The molecule has 3 saturated heterocycles. The van der Waals surface area contributed by atoms with Crippen LogP contribution in [0.1, 0.15) is 12.8 Å². The minimum absolute atomic E-state index is 0.0258. The number of nitrogens with zero attached hydrogens (tertiary/aromatic N) is 3. The quantitative estimate of drug-likeness (QED) is 0.573. The SMILES string of the molecule is O=C(C1CCCN(S(=O)(=O)c2ccc(S(=O)(=O)N3CCOCC3)cc2)C1)N1CCOCC1. The van der Waals surface area contributed by atoms with Crippen LogP contribution in [0.5, 0.6) is 0 Å². The van der Waals surface area contributed by atoms with Crippen LogP contribution in [0, 0.1) is 5.92 Å². The van der Waals surface area contributed by atoms with Crippen molar-refractivity contribution >= 4 is 26.0 Å². The highest BCUT2D eigenvalue weighted by Crippen LogP contribution is 2.27. The number of hydrogen-bond donors (Lipinski definition) is 0. The lowest BCUT2D eigenvalue weighted by atomic mass is 9.98. The predicted molar refractivity (Wildman–Crippen MR) is 115 cm³/mol. The number of carbonyl (C=O) groups is 1. The fraction of sp³-hybridized carbons (Fsp3) is 0.650. The second-order valence-corrected chi connectivity index (χ2v) is 12.0. The standard InChI is InChI=1S/C20H29N3O7S2/c24-20(21-8-12-29-13-9-21)17-2-1-7-23(16-17)32(27,28)19-5-3-18(4-6-19)31(25,26)22-10-14-30-15-11-22/h3-6,17H,1-2,7-16H2. The summed E-state index contributed by atoms with van der Waals surface area (Å²) >= 11 is 0. The highest BCUT2D eigenvalue weighted by Gasteiger charge is 2.36. The minimum Gasteiger partial charge on any atom is -0.379 e. The van der Waals surface area contributed by atoms with Gasteiger partial charge >= 0.3 is 0 Å². The Morgan fingerprint density at radius 3 is 1.81 bits per heavy atom. The van der Waals surface area contributed by atoms with Gasteiger partial charge in [-0.2, -0.15) is 8.61 Å². The molecule has 4 rings (SSSR count). The Morgan fingerprint density at radius 2 is 1.25 bits per heavy atom. The smallest absolute Gasteiger partial charge is 0.243 e. The molecule has 10 nitrogen and oxygen atoms in total. The molecule has 0 spiro atoms. The molecule has 0 bridgehead atoms. The highest BCUT2D eigenvalue weighted by atomic mass is 32.2. The molecule has 0 N–H and O–H groups in total. The van der Waals surface area contributed by atoms with E-state index in [-0.39, 0.29) is 41.3 Å². The molecule has 0 aromatic heterocycles. The second-order valence-electron chi connectivity index (χ2n) is 8.13. The summed E-state index contributed by atoms with van der Waals surface area (Å²) in [4.78, 5) is 14.7. The normalized spacial score (nSPS) is 24.4. The third kappa shape index (κ3) is 4.85. The first kappa shape index (κ1) is 23.6. The molecule has 32 heavy (non-hydrogen) atoms. The predicted octanol–water partition coefficient (Wildman–Crippen LogP) is -0.0330. The molecular formula is C20H29N3O7S2. The number of ether oxygens (including phenoxy) is 2. The number of sulfonamides is 2. The van der Waals surface area contributed by atoms with E-state index in [1.54, 1.807) is 4.90 Å². The number of morpholine rings is 2. The Labute approximate surface area is 189 Å². The van der Waals surface area contributed by atoms with Gasteiger partial charge in [0.15, 0.2) is 0 Å². The van der Waals surface area contributed by atoms with Crippen LogP contribution in [0.25, 0.3) is 0 Å². The van der Waals surface area contributed by atoms with Crippen molar-refractivity contribution in [2.75, 3.05) is 65.7 Å². The Kier molecular flexibility index (Phi) is 7.18. The van der Waals surface area contributed by atoms with Gasteiger partial charge in [-0.25, -0.2) is 16.8 Å². The largest absolute Gasteiger partial charge is 0.379 e. The molecule has 178 valence electrons. The summed E-state index contributed by atoms with van der Waals surface area (Å²) in [6, 6.07) is 5.32. The van der Waals surface area contributed by atoms with Crippen LogP contribution < -0.4 is 0 Å². The van der Waals surface area contributed by atoms with E-state index in [0.717, 1.165) is 0 Å². The third-order valence-corrected chi connectivity index (χ3v) is 9.92. The summed E-state index contributed by atoms with van der Waals surface area (Å²) in [6.07, 6.45) is 1.25. The van der Waals surface area contributed by atoms with Gasteiger partial charge in [0.2, 0.25) is 26.0 Å². The zero-order valence-corrected chi connectivity index (χ0v) is 19.5. The molecule has 1 aromatic carbocycles. The van der Waals surface area contributed by atoms with Crippen molar-refractivity contribution in [3.05, 3.63) is 24.3 Å². The Bertz CT molecular complexity index is 1020. The zero-order chi connectivity index (χ0) is 22.8. The van der Waals surface area contributed by atoms with Crippen LogP contribution in [-0.2, 0) is 34.3 Å². The summed E-state index contributed by atoms with van der Waals surface area (Å²) in [5.41, 5.74) is 0. The first-order valence-electron chi connectivity index (χ1n) is 10.8. The second kappa shape index (κ2) is 9.74. The first-order valence-corrected chi connectivity index (χ1v) is 13.7. The molecule has 1 aromatic rings. The molecule has 0 saturated carbocycles. The number of amides is 1. The van der Waals surface area contributed by atoms with Crippen molar-refractivity contribution in [3.8, 4) is 0 Å². The Morgan fingerprint density at radius 1 is 0.750 bits per heavy atom. The van der Waals surface area contributed by atoms with E-state index in [4.69, 9.17) is 9.47 Å². The Hall–Kier alpha value is -1.57. The number of hydrogen-bond acceptors (Lipinski definition) is 7. The van der Waals surface area contributed by atoms with E-state index in [2.05, 4.69) is 0 Å². The maximum absolute atomic E-state index is 13.2. The summed E-state index contributed by atoms with van der Waals surface area (Å²) < 4.78 is 65.1. The van der Waals surface area contributed by atoms with E-state index in [9.17, 15) is 21.6 Å². The van der Waals surface area contributed by atoms with Gasteiger partial charge in [-0.3, -0.25) is 4.79 Å². The first-order chi connectivity index (χ1) is 15.3. The molecule has 3 aliphatic rings. The van der Waals surface area contributed by atoms with Gasteiger partial charge in [0.05, 0.1) is 42.1 Å². The van der Waals surface area contributed by atoms with Crippen molar-refractivity contribution in [1.82, 2.24) is 13.5 Å². The summed E-state index contributed by atoms with van der Waals surface area (Å²) in [7, 11) is -7.53. The van der Waals surface area contributed by atoms with Gasteiger partial charge in [0.1, 0.15) is 0 Å². The van der Waals surface area contributed by atoms with Gasteiger partial charge in [-0.1, -0.05) is 0 Å². The van der Waals surface area contributed by atoms with E-state index >= 15 is 0 Å². The van der Waals surface area contributed by atoms with E-state index in [1.165, 1.54) is 32.9 Å². The topological polar surface area (TPSA) is 114 Å². The van der Waals surface area contributed by atoms with Gasteiger partial charge < -0.3 is 14.4 Å². The van der Waals surface area contributed by atoms with Crippen molar-refractivity contribution < 1.29 is 31.1 Å². The van der Waals surface area contributed by atoms with E-state index in [1.807, 2.05) is 0 Å². The fourth-order valence-electron chi connectivity index (χ4n) is 4.27. The fourth-order valence-corrected chi connectivity index (χ4v) is 7.20. The molecule has 1 amide bonds. The summed E-state index contributed by atoms with van der Waals surface area (Å²) in [5, 5.41) is 0. The molecule has 1 atom stereocenters. The van der Waals surface area contributed by atoms with Gasteiger partial charge in [0.25, 0.3) is 0 Å². The maximum Gasteiger partial charge on any atom is 0.243 e. The lowest BCUT2D eigenvalue weighted by Gasteiger charge is -2.35. The molecule has 3 fully saturated rings. The molecule has 12 heteroatoms. The number of carbonyl (C=O) groups excluding carboxylic acids is 1.